The van der Waals surface area contributed by atoms with Crippen molar-refractivity contribution in [3.63, 3.8) is 0 Å². The van der Waals surface area contributed by atoms with Gasteiger partial charge in [-0.1, -0.05) is 30.1 Å². The van der Waals surface area contributed by atoms with E-state index in [2.05, 4.69) is 26.5 Å². The second kappa shape index (κ2) is 12.3. The molecule has 35 heavy (non-hydrogen) atoms. The smallest absolute Gasteiger partial charge is 0.317 e. The molecular formula is C26H32N4O5. The number of carbonyl (C=O) groups is 1. The lowest BCUT2D eigenvalue weighted by atomic mass is 10.1. The van der Waals surface area contributed by atoms with Gasteiger partial charge in [0.15, 0.2) is 5.82 Å². The SMILES string of the molecule is Cc1cc(CCc2noc(-c3cccnc3OCC3CCCC3)n2)ccc1OCCNCC(=O)O. The third-order valence-electron chi connectivity index (χ3n) is 6.09. The Kier molecular flexibility index (Phi) is 8.67. The van der Waals surface area contributed by atoms with E-state index < -0.39 is 5.97 Å². The molecule has 2 heterocycles. The highest BCUT2D eigenvalue weighted by molar-refractivity contribution is 5.68. The summed E-state index contributed by atoms with van der Waals surface area (Å²) in [6.07, 6.45) is 8.09. The molecule has 0 aliphatic heterocycles. The van der Waals surface area contributed by atoms with E-state index >= 15 is 0 Å². The first-order chi connectivity index (χ1) is 17.1. The van der Waals surface area contributed by atoms with Crippen molar-refractivity contribution in [2.75, 3.05) is 26.3 Å². The largest absolute Gasteiger partial charge is 0.492 e. The average molecular weight is 481 g/mol. The summed E-state index contributed by atoms with van der Waals surface area (Å²) in [6.45, 7) is 3.46. The van der Waals surface area contributed by atoms with Gasteiger partial charge in [-0.05, 0) is 61.4 Å². The van der Waals surface area contributed by atoms with Crippen molar-refractivity contribution in [3.8, 4) is 23.1 Å². The van der Waals surface area contributed by atoms with Gasteiger partial charge >= 0.3 is 5.97 Å². The van der Waals surface area contributed by atoms with Gasteiger partial charge in [0.2, 0.25) is 5.88 Å². The Bertz CT molecular complexity index is 1110. The number of hydrogen-bond donors (Lipinski definition) is 2. The average Bonchev–Trinajstić information content (AvgIpc) is 3.55. The number of aliphatic carboxylic acids is 1. The highest BCUT2D eigenvalue weighted by Gasteiger charge is 2.19. The van der Waals surface area contributed by atoms with Gasteiger partial charge in [-0.3, -0.25) is 4.79 Å². The van der Waals surface area contributed by atoms with E-state index in [0.29, 0.717) is 49.7 Å². The second-order valence-electron chi connectivity index (χ2n) is 8.85. The number of aryl methyl sites for hydroxylation is 3. The number of benzene rings is 1. The summed E-state index contributed by atoms with van der Waals surface area (Å²) >= 11 is 0. The molecule has 2 N–H and O–H groups in total. The van der Waals surface area contributed by atoms with Crippen molar-refractivity contribution < 1.29 is 23.9 Å². The Labute approximate surface area is 204 Å². The van der Waals surface area contributed by atoms with E-state index in [1.807, 2.05) is 31.2 Å². The minimum atomic E-state index is -0.882. The van der Waals surface area contributed by atoms with E-state index in [4.69, 9.17) is 19.1 Å². The molecular weight excluding hydrogens is 448 g/mol. The molecule has 2 aromatic heterocycles. The molecule has 0 atom stereocenters. The third-order valence-corrected chi connectivity index (χ3v) is 6.09. The summed E-state index contributed by atoms with van der Waals surface area (Å²) in [5.41, 5.74) is 2.89. The van der Waals surface area contributed by atoms with Crippen LogP contribution in [0.2, 0.25) is 0 Å². The molecule has 9 nitrogen and oxygen atoms in total. The summed E-state index contributed by atoms with van der Waals surface area (Å²) in [7, 11) is 0. The molecule has 4 rings (SSSR count). The van der Waals surface area contributed by atoms with Gasteiger partial charge in [0, 0.05) is 19.2 Å². The second-order valence-corrected chi connectivity index (χ2v) is 8.85. The lowest BCUT2D eigenvalue weighted by molar-refractivity contribution is -0.135. The fourth-order valence-electron chi connectivity index (χ4n) is 4.22. The van der Waals surface area contributed by atoms with E-state index in [1.165, 1.54) is 25.7 Å². The molecule has 0 saturated heterocycles. The highest BCUT2D eigenvalue weighted by Crippen LogP contribution is 2.29. The van der Waals surface area contributed by atoms with Crippen molar-refractivity contribution in [2.24, 2.45) is 5.92 Å². The van der Waals surface area contributed by atoms with Crippen molar-refractivity contribution in [3.05, 3.63) is 53.5 Å². The van der Waals surface area contributed by atoms with Crippen LogP contribution in [0.1, 0.15) is 42.6 Å². The van der Waals surface area contributed by atoms with Crippen LogP contribution in [-0.4, -0.2) is 52.5 Å². The van der Waals surface area contributed by atoms with Crippen molar-refractivity contribution in [1.29, 1.82) is 0 Å². The summed E-state index contributed by atoms with van der Waals surface area (Å²) < 4.78 is 17.3. The van der Waals surface area contributed by atoms with Crippen LogP contribution in [0.4, 0.5) is 0 Å². The van der Waals surface area contributed by atoms with Crippen LogP contribution < -0.4 is 14.8 Å². The maximum Gasteiger partial charge on any atom is 0.317 e. The van der Waals surface area contributed by atoms with Crippen LogP contribution in [-0.2, 0) is 17.6 Å². The van der Waals surface area contributed by atoms with E-state index in [-0.39, 0.29) is 6.54 Å². The number of nitrogens with one attached hydrogen (secondary N) is 1. The van der Waals surface area contributed by atoms with Crippen LogP contribution >= 0.6 is 0 Å². The monoisotopic (exact) mass is 480 g/mol. The fraction of sp³-hybridized carbons (Fsp3) is 0.462. The molecule has 1 aliphatic carbocycles. The summed E-state index contributed by atoms with van der Waals surface area (Å²) in [4.78, 5) is 19.5. The number of carboxylic acid groups (broad SMARTS) is 1. The maximum absolute atomic E-state index is 10.5. The molecule has 1 saturated carbocycles. The molecule has 0 spiro atoms. The standard InChI is InChI=1S/C26H32N4O5/c1-18-15-19(8-10-22(18)33-14-13-27-16-24(31)32)9-11-23-29-26(35-30-23)21-7-4-12-28-25(21)34-17-20-5-2-3-6-20/h4,7-8,10,12,15,20,27H,2-3,5-6,9,11,13-14,16-17H2,1H3,(H,31,32). The molecule has 1 aromatic carbocycles. The van der Waals surface area contributed by atoms with E-state index in [1.54, 1.807) is 6.20 Å². The molecule has 3 aromatic rings. The molecule has 0 bridgehead atoms. The number of pyridine rings is 1. The molecule has 186 valence electrons. The number of carboxylic acids is 1. The van der Waals surface area contributed by atoms with Gasteiger partial charge in [0.1, 0.15) is 17.9 Å². The highest BCUT2D eigenvalue weighted by atomic mass is 16.5. The first kappa shape index (κ1) is 24.7. The van der Waals surface area contributed by atoms with Gasteiger partial charge in [0.05, 0.1) is 13.2 Å². The number of nitrogens with zero attached hydrogens (tertiary/aromatic N) is 3. The van der Waals surface area contributed by atoms with Gasteiger partial charge in [-0.2, -0.15) is 4.98 Å². The molecule has 0 unspecified atom stereocenters. The zero-order valence-electron chi connectivity index (χ0n) is 20.0. The topological polar surface area (TPSA) is 120 Å². The summed E-state index contributed by atoms with van der Waals surface area (Å²) in [6, 6.07) is 9.78. The van der Waals surface area contributed by atoms with Crippen LogP contribution in [0.3, 0.4) is 0 Å². The van der Waals surface area contributed by atoms with Crippen LogP contribution in [0, 0.1) is 12.8 Å². The fourth-order valence-corrected chi connectivity index (χ4v) is 4.22. The Hall–Kier alpha value is -3.46. The first-order valence-corrected chi connectivity index (χ1v) is 12.1. The summed E-state index contributed by atoms with van der Waals surface area (Å²) in [5, 5.41) is 15.6. The van der Waals surface area contributed by atoms with Crippen molar-refractivity contribution >= 4 is 5.97 Å². The number of rotatable bonds is 13. The Morgan fingerprint density at radius 2 is 2.06 bits per heavy atom. The van der Waals surface area contributed by atoms with Gasteiger partial charge in [0.25, 0.3) is 5.89 Å². The zero-order chi connectivity index (χ0) is 24.5. The van der Waals surface area contributed by atoms with Gasteiger partial charge in [-0.25, -0.2) is 4.98 Å². The van der Waals surface area contributed by atoms with Gasteiger partial charge < -0.3 is 24.4 Å². The van der Waals surface area contributed by atoms with Crippen LogP contribution in [0.5, 0.6) is 11.6 Å². The molecule has 1 aliphatic rings. The Balaban J connectivity index is 1.29. The predicted molar refractivity (Wildman–Crippen MR) is 130 cm³/mol. The third kappa shape index (κ3) is 7.26. The molecule has 9 heteroatoms. The van der Waals surface area contributed by atoms with Gasteiger partial charge in [-0.15, -0.1) is 0 Å². The lowest BCUT2D eigenvalue weighted by Crippen LogP contribution is -2.27. The number of aromatic nitrogens is 3. The minimum Gasteiger partial charge on any atom is -0.492 e. The van der Waals surface area contributed by atoms with Crippen LogP contribution in [0.15, 0.2) is 41.1 Å². The maximum atomic E-state index is 10.5. The summed E-state index contributed by atoms with van der Waals surface area (Å²) in [5.74, 6) is 2.09. The quantitative estimate of drug-likeness (QED) is 0.352. The van der Waals surface area contributed by atoms with Crippen molar-refractivity contribution in [2.45, 2.75) is 45.4 Å². The molecule has 0 amide bonds. The normalized spacial score (nSPS) is 13.7. The lowest BCUT2D eigenvalue weighted by Gasteiger charge is -2.11. The van der Waals surface area contributed by atoms with E-state index in [0.717, 1.165) is 28.9 Å². The van der Waals surface area contributed by atoms with Crippen LogP contribution in [0.25, 0.3) is 11.5 Å². The Morgan fingerprint density at radius 3 is 2.86 bits per heavy atom. The predicted octanol–water partition coefficient (Wildman–Crippen LogP) is 3.85. The first-order valence-electron chi connectivity index (χ1n) is 12.1. The molecule has 0 radical (unpaired) electrons. The Morgan fingerprint density at radius 1 is 1.20 bits per heavy atom. The number of hydrogen-bond acceptors (Lipinski definition) is 8. The van der Waals surface area contributed by atoms with E-state index in [9.17, 15) is 4.79 Å². The minimum absolute atomic E-state index is 0.0747. The van der Waals surface area contributed by atoms with Crippen molar-refractivity contribution in [1.82, 2.24) is 20.4 Å². The number of ether oxygens (including phenoxy) is 2. The molecule has 1 fully saturated rings. The zero-order valence-corrected chi connectivity index (χ0v) is 20.0.